The highest BCUT2D eigenvalue weighted by molar-refractivity contribution is 6.07. The molecule has 250 valence electrons. The number of anilines is 4. The first-order valence-corrected chi connectivity index (χ1v) is 16.3. The number of fused-ring (bicyclic) bond motifs is 1. The van der Waals surface area contributed by atoms with E-state index in [-0.39, 0.29) is 6.03 Å². The van der Waals surface area contributed by atoms with Crippen LogP contribution in [0.5, 0.6) is 11.5 Å². The molecule has 11 heteroatoms. The number of benzene rings is 3. The highest BCUT2D eigenvalue weighted by atomic mass is 16.5. The largest absolute Gasteiger partial charge is 0.496 e. The molecule has 0 atom stereocenters. The number of hydrogen-bond acceptors (Lipinski definition) is 8. The summed E-state index contributed by atoms with van der Waals surface area (Å²) < 4.78 is 13.5. The lowest BCUT2D eigenvalue weighted by Gasteiger charge is -2.15. The van der Waals surface area contributed by atoms with Gasteiger partial charge < -0.3 is 20.1 Å². The molecular weight excluding hydrogens is 616 g/mol. The van der Waals surface area contributed by atoms with E-state index in [1.807, 2.05) is 93.6 Å². The van der Waals surface area contributed by atoms with Gasteiger partial charge in [-0.2, -0.15) is 5.10 Å². The third-order valence-electron chi connectivity index (χ3n) is 8.21. The number of carbonyl (C=O) groups is 1. The molecule has 2 amide bonds. The van der Waals surface area contributed by atoms with Gasteiger partial charge >= 0.3 is 6.03 Å². The van der Waals surface area contributed by atoms with Gasteiger partial charge in [-0.25, -0.2) is 19.4 Å². The Morgan fingerprint density at radius 1 is 0.857 bits per heavy atom. The highest BCUT2D eigenvalue weighted by Gasteiger charge is 2.16. The minimum atomic E-state index is -0.377. The number of ether oxygens (including phenoxy) is 2. The van der Waals surface area contributed by atoms with Crippen molar-refractivity contribution in [1.29, 1.82) is 0 Å². The van der Waals surface area contributed by atoms with Gasteiger partial charge in [-0.15, -0.1) is 0 Å². The summed E-state index contributed by atoms with van der Waals surface area (Å²) in [5.41, 5.74) is 6.05. The number of methoxy groups -OCH3 is 1. The molecule has 6 aromatic rings. The van der Waals surface area contributed by atoms with E-state index in [1.54, 1.807) is 24.2 Å². The highest BCUT2D eigenvalue weighted by Crippen LogP contribution is 2.33. The van der Waals surface area contributed by atoms with Crippen LogP contribution in [0.1, 0.15) is 48.0 Å². The van der Waals surface area contributed by atoms with Crippen molar-refractivity contribution >= 4 is 39.9 Å². The summed E-state index contributed by atoms with van der Waals surface area (Å²) in [6, 6.07) is 22.8. The number of aryl methyl sites for hydroxylation is 4. The molecule has 49 heavy (non-hydrogen) atoms. The summed E-state index contributed by atoms with van der Waals surface area (Å²) >= 11 is 0. The lowest BCUT2D eigenvalue weighted by atomic mass is 10.1. The third kappa shape index (κ3) is 7.78. The normalized spacial score (nSPS) is 11.0. The Hall–Kier alpha value is -5.97. The zero-order valence-electron chi connectivity index (χ0n) is 28.4. The van der Waals surface area contributed by atoms with Crippen molar-refractivity contribution in [3.63, 3.8) is 0 Å². The van der Waals surface area contributed by atoms with E-state index in [4.69, 9.17) is 14.6 Å². The molecule has 0 radical (unpaired) electrons. The molecule has 11 nitrogen and oxygen atoms in total. The first kappa shape index (κ1) is 33.0. The molecule has 3 aromatic carbocycles. The summed E-state index contributed by atoms with van der Waals surface area (Å²) in [6.45, 7) is 8.30. The second kappa shape index (κ2) is 14.8. The molecule has 0 unspecified atom stereocenters. The Morgan fingerprint density at radius 2 is 1.67 bits per heavy atom. The fourth-order valence-corrected chi connectivity index (χ4v) is 5.49. The number of amides is 2. The predicted molar refractivity (Wildman–Crippen MR) is 193 cm³/mol. The topological polar surface area (TPSA) is 128 Å². The third-order valence-corrected chi connectivity index (χ3v) is 8.21. The van der Waals surface area contributed by atoms with Crippen LogP contribution in [0, 0.1) is 20.8 Å². The Labute approximate surface area is 285 Å². The number of unbranched alkanes of at least 4 members (excludes halogenated alkanes) is 1. The van der Waals surface area contributed by atoms with E-state index in [2.05, 4.69) is 37.8 Å². The molecule has 3 aromatic heterocycles. The van der Waals surface area contributed by atoms with E-state index >= 15 is 0 Å². The van der Waals surface area contributed by atoms with Crippen molar-refractivity contribution in [2.45, 2.75) is 53.6 Å². The van der Waals surface area contributed by atoms with Gasteiger partial charge in [0.2, 0.25) is 0 Å². The van der Waals surface area contributed by atoms with Gasteiger partial charge in [0, 0.05) is 23.0 Å². The van der Waals surface area contributed by atoms with Crippen LogP contribution in [0.4, 0.5) is 27.9 Å². The Bertz CT molecular complexity index is 2110. The lowest BCUT2D eigenvalue weighted by molar-refractivity contribution is 0.262. The fourth-order valence-electron chi connectivity index (χ4n) is 5.49. The summed E-state index contributed by atoms with van der Waals surface area (Å²) in [5, 5.41) is 15.8. The fraction of sp³-hybridized carbons (Fsp3) is 0.237. The molecule has 6 rings (SSSR count). The minimum absolute atomic E-state index is 0.322. The van der Waals surface area contributed by atoms with Gasteiger partial charge in [0.25, 0.3) is 0 Å². The average molecular weight is 657 g/mol. The number of hydrogen-bond donors (Lipinski definition) is 3. The quantitative estimate of drug-likeness (QED) is 0.120. The first-order valence-electron chi connectivity index (χ1n) is 16.3. The summed E-state index contributed by atoms with van der Waals surface area (Å²) in [6.07, 6.45) is 6.30. The van der Waals surface area contributed by atoms with E-state index in [0.29, 0.717) is 35.5 Å². The number of pyridine rings is 1. The number of urea groups is 1. The van der Waals surface area contributed by atoms with Crippen molar-refractivity contribution in [3.05, 3.63) is 113 Å². The van der Waals surface area contributed by atoms with E-state index in [1.165, 1.54) is 0 Å². The predicted octanol–water partition coefficient (Wildman–Crippen LogP) is 8.45. The van der Waals surface area contributed by atoms with Gasteiger partial charge in [0.05, 0.1) is 41.8 Å². The number of rotatable bonds is 12. The van der Waals surface area contributed by atoms with Crippen LogP contribution in [-0.4, -0.2) is 37.9 Å². The minimum Gasteiger partial charge on any atom is -0.496 e. The molecule has 0 bridgehead atoms. The molecule has 0 saturated carbocycles. The summed E-state index contributed by atoms with van der Waals surface area (Å²) in [7, 11) is 1.65. The second-order valence-corrected chi connectivity index (χ2v) is 11.8. The van der Waals surface area contributed by atoms with Gasteiger partial charge in [0.15, 0.2) is 0 Å². The molecule has 3 heterocycles. The van der Waals surface area contributed by atoms with Gasteiger partial charge in [-0.3, -0.25) is 10.3 Å². The SMILES string of the molecule is CCCCc1cc(NC(=O)Nc2ccc(OCc3ccnc(Nc4cnc(C)c(C)n4)c3)c3ccccc23)n(-c2ccc(OC)c(C)c2)n1. The van der Waals surface area contributed by atoms with Crippen molar-refractivity contribution in [2.24, 2.45) is 0 Å². The standard InChI is InChI=1S/C38H40N8O3/c1-6-7-10-28-21-37(46(45-28)29-13-15-33(48-5)24(2)19-29)44-38(47)42-32-14-16-34(31-12-9-8-11-30(31)32)49-23-27-17-18-39-35(20-27)43-36-22-40-25(3)26(4)41-36/h8-9,11-22H,6-7,10,23H2,1-5H3,(H,39,41,43)(H2,42,44,47). The Morgan fingerprint density at radius 3 is 2.45 bits per heavy atom. The molecule has 0 saturated heterocycles. The van der Waals surface area contributed by atoms with Crippen LogP contribution < -0.4 is 25.4 Å². The molecule has 0 fully saturated rings. The molecule has 0 aliphatic rings. The van der Waals surface area contributed by atoms with Crippen LogP contribution in [-0.2, 0) is 13.0 Å². The van der Waals surface area contributed by atoms with Crippen molar-refractivity contribution in [3.8, 4) is 17.2 Å². The number of carbonyl (C=O) groups excluding carboxylic acids is 1. The van der Waals surface area contributed by atoms with Crippen LogP contribution in [0.2, 0.25) is 0 Å². The number of nitrogens with zero attached hydrogens (tertiary/aromatic N) is 5. The molecule has 0 spiro atoms. The van der Waals surface area contributed by atoms with Crippen LogP contribution >= 0.6 is 0 Å². The molecule has 0 aliphatic carbocycles. The Balaban J connectivity index is 1.18. The summed E-state index contributed by atoms with van der Waals surface area (Å²) in [4.78, 5) is 26.8. The maximum atomic E-state index is 13.5. The van der Waals surface area contributed by atoms with E-state index in [9.17, 15) is 4.79 Å². The van der Waals surface area contributed by atoms with Gasteiger partial charge in [-0.1, -0.05) is 37.6 Å². The second-order valence-electron chi connectivity index (χ2n) is 11.8. The van der Waals surface area contributed by atoms with Crippen LogP contribution in [0.15, 0.2) is 85.2 Å². The zero-order valence-corrected chi connectivity index (χ0v) is 28.4. The number of aromatic nitrogens is 5. The zero-order chi connectivity index (χ0) is 34.3. The maximum absolute atomic E-state index is 13.5. The maximum Gasteiger partial charge on any atom is 0.324 e. The van der Waals surface area contributed by atoms with Crippen LogP contribution in [0.3, 0.4) is 0 Å². The van der Waals surface area contributed by atoms with Gasteiger partial charge in [0.1, 0.15) is 35.6 Å². The first-order chi connectivity index (χ1) is 23.8. The van der Waals surface area contributed by atoms with E-state index < -0.39 is 0 Å². The summed E-state index contributed by atoms with van der Waals surface area (Å²) in [5.74, 6) is 3.34. The van der Waals surface area contributed by atoms with Crippen molar-refractivity contribution in [1.82, 2.24) is 24.7 Å². The van der Waals surface area contributed by atoms with E-state index in [0.717, 1.165) is 69.7 Å². The Kier molecular flexibility index (Phi) is 9.99. The number of nitrogens with one attached hydrogen (secondary N) is 3. The van der Waals surface area contributed by atoms with Gasteiger partial charge in [-0.05, 0) is 87.2 Å². The average Bonchev–Trinajstić information content (AvgIpc) is 3.50. The van der Waals surface area contributed by atoms with Crippen LogP contribution in [0.25, 0.3) is 16.5 Å². The van der Waals surface area contributed by atoms with Crippen molar-refractivity contribution in [2.75, 3.05) is 23.1 Å². The molecule has 0 aliphatic heterocycles. The van der Waals surface area contributed by atoms with Crippen molar-refractivity contribution < 1.29 is 14.3 Å². The monoisotopic (exact) mass is 656 g/mol. The molecular formula is C38H40N8O3. The lowest BCUT2D eigenvalue weighted by Crippen LogP contribution is -2.21. The molecule has 3 N–H and O–H groups in total. The smallest absolute Gasteiger partial charge is 0.324 e.